The van der Waals surface area contributed by atoms with E-state index in [2.05, 4.69) is 0 Å². The van der Waals surface area contributed by atoms with Gasteiger partial charge >= 0.3 is 6.09 Å². The second-order valence-electron chi connectivity index (χ2n) is 5.54. The highest BCUT2D eigenvalue weighted by molar-refractivity contribution is 5.68. The van der Waals surface area contributed by atoms with Gasteiger partial charge < -0.3 is 14.7 Å². The molecule has 1 aliphatic carbocycles. The minimum absolute atomic E-state index is 0.0271. The molecule has 1 aliphatic rings. The Bertz CT molecular complexity index is 239. The van der Waals surface area contributed by atoms with Crippen LogP contribution in [-0.2, 0) is 4.74 Å². The van der Waals surface area contributed by atoms with E-state index in [0.717, 1.165) is 25.7 Å². The molecule has 0 saturated heterocycles. The Morgan fingerprint density at radius 3 is 2.19 bits per heavy atom. The van der Waals surface area contributed by atoms with Crippen LogP contribution < -0.4 is 0 Å². The molecule has 0 aromatic carbocycles. The van der Waals surface area contributed by atoms with Gasteiger partial charge in [-0.25, -0.2) is 4.79 Å². The Balaban J connectivity index is 2.40. The highest BCUT2D eigenvalue weighted by atomic mass is 16.6. The summed E-state index contributed by atoms with van der Waals surface area (Å²) in [6, 6.07) is 0. The number of amides is 1. The standard InChI is InChI=1S/C12H23NO3/c1-12(2,3)13(4)11(15)16-10-7-5-9(14)6-8-10/h9-10,14H,5-8H2,1-4H3. The van der Waals surface area contributed by atoms with Gasteiger partial charge in [-0.05, 0) is 46.5 Å². The Labute approximate surface area is 97.6 Å². The quantitative estimate of drug-likeness (QED) is 0.749. The first-order valence-corrected chi connectivity index (χ1v) is 5.93. The van der Waals surface area contributed by atoms with E-state index in [1.54, 1.807) is 11.9 Å². The molecular formula is C12H23NO3. The van der Waals surface area contributed by atoms with E-state index in [1.807, 2.05) is 20.8 Å². The monoisotopic (exact) mass is 229 g/mol. The molecular weight excluding hydrogens is 206 g/mol. The largest absolute Gasteiger partial charge is 0.446 e. The SMILES string of the molecule is CN(C(=O)OC1CCC(O)CC1)C(C)(C)C. The van der Waals surface area contributed by atoms with E-state index in [4.69, 9.17) is 4.74 Å². The van der Waals surface area contributed by atoms with Crippen molar-refractivity contribution in [2.45, 2.75) is 64.2 Å². The molecule has 0 radical (unpaired) electrons. The molecule has 0 unspecified atom stereocenters. The fraction of sp³-hybridized carbons (Fsp3) is 0.917. The van der Waals surface area contributed by atoms with Crippen LogP contribution in [0.5, 0.6) is 0 Å². The van der Waals surface area contributed by atoms with Gasteiger partial charge in [-0.1, -0.05) is 0 Å². The summed E-state index contributed by atoms with van der Waals surface area (Å²) in [5.74, 6) is 0. The van der Waals surface area contributed by atoms with Crippen molar-refractivity contribution < 1.29 is 14.6 Å². The van der Waals surface area contributed by atoms with Crippen LogP contribution in [0.3, 0.4) is 0 Å². The van der Waals surface area contributed by atoms with Gasteiger partial charge in [-0.3, -0.25) is 0 Å². The average Bonchev–Trinajstić information content (AvgIpc) is 2.19. The molecule has 1 saturated carbocycles. The lowest BCUT2D eigenvalue weighted by Gasteiger charge is -2.33. The summed E-state index contributed by atoms with van der Waals surface area (Å²) in [5.41, 5.74) is -0.217. The van der Waals surface area contributed by atoms with Crippen molar-refractivity contribution in [1.82, 2.24) is 4.90 Å². The number of ether oxygens (including phenoxy) is 1. The Morgan fingerprint density at radius 2 is 1.75 bits per heavy atom. The maximum Gasteiger partial charge on any atom is 0.410 e. The average molecular weight is 229 g/mol. The van der Waals surface area contributed by atoms with Gasteiger partial charge in [0.15, 0.2) is 0 Å². The number of rotatable bonds is 1. The molecule has 0 aromatic rings. The summed E-state index contributed by atoms with van der Waals surface area (Å²) >= 11 is 0. The summed E-state index contributed by atoms with van der Waals surface area (Å²) < 4.78 is 5.40. The first-order valence-electron chi connectivity index (χ1n) is 5.93. The van der Waals surface area contributed by atoms with Crippen LogP contribution in [0.25, 0.3) is 0 Å². The first kappa shape index (κ1) is 13.3. The fourth-order valence-electron chi connectivity index (χ4n) is 1.66. The van der Waals surface area contributed by atoms with Gasteiger partial charge in [0, 0.05) is 12.6 Å². The molecule has 4 heteroatoms. The third-order valence-electron chi connectivity index (χ3n) is 3.19. The summed E-state index contributed by atoms with van der Waals surface area (Å²) in [6.07, 6.45) is 2.49. The van der Waals surface area contributed by atoms with Crippen molar-refractivity contribution in [3.8, 4) is 0 Å². The summed E-state index contributed by atoms with van der Waals surface area (Å²) in [6.45, 7) is 5.91. The molecule has 94 valence electrons. The van der Waals surface area contributed by atoms with Gasteiger partial charge in [0.2, 0.25) is 0 Å². The van der Waals surface area contributed by atoms with Crippen molar-refractivity contribution >= 4 is 6.09 Å². The lowest BCUT2D eigenvalue weighted by molar-refractivity contribution is 0.00945. The predicted octanol–water partition coefficient (Wildman–Crippen LogP) is 2.16. The fourth-order valence-corrected chi connectivity index (χ4v) is 1.66. The molecule has 4 nitrogen and oxygen atoms in total. The van der Waals surface area contributed by atoms with Gasteiger partial charge in [-0.2, -0.15) is 0 Å². The molecule has 1 N–H and O–H groups in total. The van der Waals surface area contributed by atoms with Crippen molar-refractivity contribution in [2.75, 3.05) is 7.05 Å². The molecule has 0 heterocycles. The third kappa shape index (κ3) is 3.67. The van der Waals surface area contributed by atoms with Crippen molar-refractivity contribution in [3.05, 3.63) is 0 Å². The molecule has 0 bridgehead atoms. The van der Waals surface area contributed by atoms with Crippen molar-refractivity contribution in [3.63, 3.8) is 0 Å². The highest BCUT2D eigenvalue weighted by Gasteiger charge is 2.28. The zero-order valence-corrected chi connectivity index (χ0v) is 10.7. The summed E-state index contributed by atoms with van der Waals surface area (Å²) in [7, 11) is 1.75. The van der Waals surface area contributed by atoms with Crippen molar-refractivity contribution in [1.29, 1.82) is 0 Å². The number of aliphatic hydroxyl groups is 1. The molecule has 0 atom stereocenters. The minimum atomic E-state index is -0.270. The minimum Gasteiger partial charge on any atom is -0.446 e. The third-order valence-corrected chi connectivity index (χ3v) is 3.19. The smallest absolute Gasteiger partial charge is 0.410 e. The second-order valence-corrected chi connectivity index (χ2v) is 5.54. The van der Waals surface area contributed by atoms with E-state index in [-0.39, 0.29) is 23.8 Å². The van der Waals surface area contributed by atoms with Crippen LogP contribution in [0.4, 0.5) is 4.79 Å². The number of carbonyl (C=O) groups excluding carboxylic acids is 1. The molecule has 16 heavy (non-hydrogen) atoms. The van der Waals surface area contributed by atoms with Gasteiger partial charge in [0.25, 0.3) is 0 Å². The maximum atomic E-state index is 11.8. The number of carbonyl (C=O) groups is 1. The molecule has 0 aliphatic heterocycles. The lowest BCUT2D eigenvalue weighted by Crippen LogP contribution is -2.44. The van der Waals surface area contributed by atoms with Crippen molar-refractivity contribution in [2.24, 2.45) is 0 Å². The Morgan fingerprint density at radius 1 is 1.25 bits per heavy atom. The molecule has 0 aromatic heterocycles. The summed E-state index contributed by atoms with van der Waals surface area (Å²) in [4.78, 5) is 13.4. The van der Waals surface area contributed by atoms with Crippen LogP contribution in [0.15, 0.2) is 0 Å². The molecule has 1 fully saturated rings. The topological polar surface area (TPSA) is 49.8 Å². The Hall–Kier alpha value is -0.770. The Kier molecular flexibility index (Phi) is 4.19. The number of hydrogen-bond donors (Lipinski definition) is 1. The zero-order valence-electron chi connectivity index (χ0n) is 10.7. The van der Waals surface area contributed by atoms with Crippen LogP contribution in [-0.4, -0.2) is 40.9 Å². The molecule has 1 rings (SSSR count). The predicted molar refractivity (Wildman–Crippen MR) is 62.3 cm³/mol. The number of hydrogen-bond acceptors (Lipinski definition) is 3. The van der Waals surface area contributed by atoms with Crippen LogP contribution in [0, 0.1) is 0 Å². The van der Waals surface area contributed by atoms with E-state index in [0.29, 0.717) is 0 Å². The van der Waals surface area contributed by atoms with E-state index < -0.39 is 0 Å². The van der Waals surface area contributed by atoms with Crippen LogP contribution in [0.2, 0.25) is 0 Å². The van der Waals surface area contributed by atoms with Gasteiger partial charge in [-0.15, -0.1) is 0 Å². The zero-order chi connectivity index (χ0) is 12.3. The normalized spacial score (nSPS) is 26.3. The maximum absolute atomic E-state index is 11.8. The first-order chi connectivity index (χ1) is 7.30. The highest BCUT2D eigenvalue weighted by Crippen LogP contribution is 2.22. The van der Waals surface area contributed by atoms with E-state index in [1.165, 1.54) is 0 Å². The van der Waals surface area contributed by atoms with Crippen LogP contribution >= 0.6 is 0 Å². The molecule has 1 amide bonds. The number of nitrogens with zero attached hydrogens (tertiary/aromatic N) is 1. The van der Waals surface area contributed by atoms with Gasteiger partial charge in [0.1, 0.15) is 6.10 Å². The van der Waals surface area contributed by atoms with E-state index >= 15 is 0 Å². The van der Waals surface area contributed by atoms with Gasteiger partial charge in [0.05, 0.1) is 6.10 Å². The van der Waals surface area contributed by atoms with Crippen LogP contribution in [0.1, 0.15) is 46.5 Å². The van der Waals surface area contributed by atoms with E-state index in [9.17, 15) is 9.90 Å². The summed E-state index contributed by atoms with van der Waals surface area (Å²) in [5, 5.41) is 9.35. The second kappa shape index (κ2) is 5.04. The lowest BCUT2D eigenvalue weighted by atomic mass is 9.95. The molecule has 0 spiro atoms. The number of aliphatic hydroxyl groups excluding tert-OH is 1.